The van der Waals surface area contributed by atoms with E-state index < -0.39 is 0 Å². The number of rotatable bonds is 5. The number of amides is 2. The van der Waals surface area contributed by atoms with E-state index in [1.807, 2.05) is 33.9 Å². The van der Waals surface area contributed by atoms with Gasteiger partial charge in [0.05, 0.1) is 10.6 Å². The van der Waals surface area contributed by atoms with Crippen LogP contribution >= 0.6 is 11.3 Å². The molecule has 21 heavy (non-hydrogen) atoms. The van der Waals surface area contributed by atoms with Crippen molar-refractivity contribution in [2.24, 2.45) is 13.0 Å². The molecule has 2 heterocycles. The highest BCUT2D eigenvalue weighted by atomic mass is 32.1. The van der Waals surface area contributed by atoms with Crippen molar-refractivity contribution < 1.29 is 9.59 Å². The third-order valence-electron chi connectivity index (χ3n) is 3.15. The predicted octanol–water partition coefficient (Wildman–Crippen LogP) is 1.45. The van der Waals surface area contributed by atoms with Crippen LogP contribution in [-0.4, -0.2) is 34.7 Å². The third-order valence-corrected chi connectivity index (χ3v) is 4.35. The van der Waals surface area contributed by atoms with Crippen molar-refractivity contribution in [3.05, 3.63) is 16.6 Å². The maximum atomic E-state index is 12.1. The first-order valence-corrected chi connectivity index (χ1v) is 7.71. The van der Waals surface area contributed by atoms with Crippen molar-refractivity contribution in [2.75, 3.05) is 13.1 Å². The monoisotopic (exact) mass is 308 g/mol. The molecule has 0 spiro atoms. The fraction of sp³-hybridized carbons (Fsp3) is 0.500. The van der Waals surface area contributed by atoms with Gasteiger partial charge in [-0.25, -0.2) is 0 Å². The van der Waals surface area contributed by atoms with E-state index in [0.717, 1.165) is 15.9 Å². The van der Waals surface area contributed by atoms with Gasteiger partial charge in [-0.3, -0.25) is 14.3 Å². The molecule has 2 aromatic rings. The number of aryl methyl sites for hydroxylation is 2. The summed E-state index contributed by atoms with van der Waals surface area (Å²) >= 11 is 1.42. The lowest BCUT2D eigenvalue weighted by Crippen LogP contribution is -2.36. The van der Waals surface area contributed by atoms with E-state index in [2.05, 4.69) is 15.7 Å². The molecule has 0 aliphatic rings. The minimum absolute atomic E-state index is 0.00666. The van der Waals surface area contributed by atoms with Gasteiger partial charge < -0.3 is 10.6 Å². The van der Waals surface area contributed by atoms with Crippen molar-refractivity contribution >= 4 is 33.4 Å². The highest BCUT2D eigenvalue weighted by Gasteiger charge is 2.14. The fourth-order valence-corrected chi connectivity index (χ4v) is 3.01. The van der Waals surface area contributed by atoms with Gasteiger partial charge in [0.1, 0.15) is 4.83 Å². The van der Waals surface area contributed by atoms with E-state index in [9.17, 15) is 9.59 Å². The van der Waals surface area contributed by atoms with Crippen LogP contribution in [0.5, 0.6) is 0 Å². The molecule has 0 radical (unpaired) electrons. The number of thiophene rings is 1. The fourth-order valence-electron chi connectivity index (χ4n) is 1.97. The highest BCUT2D eigenvalue weighted by molar-refractivity contribution is 7.20. The molecule has 0 aliphatic carbocycles. The Bertz CT molecular complexity index is 637. The molecule has 2 amide bonds. The zero-order valence-corrected chi connectivity index (χ0v) is 13.5. The van der Waals surface area contributed by atoms with E-state index in [4.69, 9.17) is 0 Å². The van der Waals surface area contributed by atoms with Gasteiger partial charge in [-0.15, -0.1) is 11.3 Å². The van der Waals surface area contributed by atoms with Crippen LogP contribution in [-0.2, 0) is 11.8 Å². The summed E-state index contributed by atoms with van der Waals surface area (Å²) < 4.78 is 1.79. The second-order valence-corrected chi connectivity index (χ2v) is 6.27. The second-order valence-electron chi connectivity index (χ2n) is 5.24. The largest absolute Gasteiger partial charge is 0.354 e. The van der Waals surface area contributed by atoms with Gasteiger partial charge in [0.15, 0.2) is 0 Å². The number of fused-ring (bicyclic) bond motifs is 1. The summed E-state index contributed by atoms with van der Waals surface area (Å²) in [6.45, 7) is 6.46. The number of carbonyl (C=O) groups is 2. The van der Waals surface area contributed by atoms with Crippen molar-refractivity contribution in [3.63, 3.8) is 0 Å². The Morgan fingerprint density at radius 3 is 2.62 bits per heavy atom. The molecule has 7 heteroatoms. The number of hydrogen-bond acceptors (Lipinski definition) is 4. The number of carbonyl (C=O) groups excluding carboxylic acids is 2. The van der Waals surface area contributed by atoms with Gasteiger partial charge in [0.25, 0.3) is 5.91 Å². The Morgan fingerprint density at radius 1 is 1.33 bits per heavy atom. The average Bonchev–Trinajstić information content (AvgIpc) is 2.97. The molecule has 2 N–H and O–H groups in total. The number of nitrogens with zero attached hydrogens (tertiary/aromatic N) is 2. The first-order chi connectivity index (χ1) is 9.90. The van der Waals surface area contributed by atoms with Crippen LogP contribution in [0.25, 0.3) is 10.2 Å². The summed E-state index contributed by atoms with van der Waals surface area (Å²) in [5.41, 5.74) is 0.923. The molecule has 0 aromatic carbocycles. The van der Waals surface area contributed by atoms with E-state index in [0.29, 0.717) is 18.0 Å². The van der Waals surface area contributed by atoms with Crippen LogP contribution in [0.15, 0.2) is 6.07 Å². The number of nitrogens with one attached hydrogen (secondary N) is 2. The van der Waals surface area contributed by atoms with Crippen LogP contribution in [0, 0.1) is 12.8 Å². The Kier molecular flexibility index (Phi) is 4.62. The van der Waals surface area contributed by atoms with Crippen LogP contribution in [0.4, 0.5) is 0 Å². The zero-order chi connectivity index (χ0) is 15.6. The van der Waals surface area contributed by atoms with Gasteiger partial charge in [-0.1, -0.05) is 13.8 Å². The predicted molar refractivity (Wildman–Crippen MR) is 83.5 cm³/mol. The molecule has 0 atom stereocenters. The van der Waals surface area contributed by atoms with Crippen molar-refractivity contribution in [2.45, 2.75) is 20.8 Å². The van der Waals surface area contributed by atoms with Gasteiger partial charge >= 0.3 is 0 Å². The van der Waals surface area contributed by atoms with Crippen molar-refractivity contribution in [1.82, 2.24) is 20.4 Å². The van der Waals surface area contributed by atoms with E-state index in [-0.39, 0.29) is 17.7 Å². The molecule has 2 rings (SSSR count). The van der Waals surface area contributed by atoms with E-state index >= 15 is 0 Å². The van der Waals surface area contributed by atoms with Crippen molar-refractivity contribution in [1.29, 1.82) is 0 Å². The zero-order valence-electron chi connectivity index (χ0n) is 12.7. The Balaban J connectivity index is 1.90. The topological polar surface area (TPSA) is 76.0 Å². The smallest absolute Gasteiger partial charge is 0.261 e. The lowest BCUT2D eigenvalue weighted by atomic mass is 10.2. The maximum Gasteiger partial charge on any atom is 0.261 e. The SMILES string of the molecule is Cc1nn(C)c2sc(C(=O)NCCNC(=O)C(C)C)cc12. The van der Waals surface area contributed by atoms with Crippen LogP contribution in [0.2, 0.25) is 0 Å². The standard InChI is InChI=1S/C14H20N4O2S/c1-8(2)12(19)15-5-6-16-13(20)11-7-10-9(3)17-18(4)14(10)21-11/h7-8H,5-6H2,1-4H3,(H,15,19)(H,16,20). The molecule has 114 valence electrons. The molecule has 0 bridgehead atoms. The summed E-state index contributed by atoms with van der Waals surface area (Å²) in [5, 5.41) is 10.9. The summed E-state index contributed by atoms with van der Waals surface area (Å²) in [5.74, 6) is -0.166. The lowest BCUT2D eigenvalue weighted by molar-refractivity contribution is -0.123. The summed E-state index contributed by atoms with van der Waals surface area (Å²) in [6.07, 6.45) is 0. The minimum Gasteiger partial charge on any atom is -0.354 e. The number of hydrogen-bond donors (Lipinski definition) is 2. The van der Waals surface area contributed by atoms with Crippen LogP contribution < -0.4 is 10.6 Å². The molecule has 6 nitrogen and oxygen atoms in total. The van der Waals surface area contributed by atoms with Crippen LogP contribution in [0.3, 0.4) is 0 Å². The van der Waals surface area contributed by atoms with Gasteiger partial charge in [-0.2, -0.15) is 5.10 Å². The van der Waals surface area contributed by atoms with Gasteiger partial charge in [-0.05, 0) is 13.0 Å². The number of aromatic nitrogens is 2. The Morgan fingerprint density at radius 2 is 2.00 bits per heavy atom. The molecule has 0 fully saturated rings. The molecule has 2 aromatic heterocycles. The highest BCUT2D eigenvalue weighted by Crippen LogP contribution is 2.27. The summed E-state index contributed by atoms with van der Waals surface area (Å²) in [7, 11) is 1.87. The molecule has 0 saturated heterocycles. The molecular formula is C14H20N4O2S. The lowest BCUT2D eigenvalue weighted by Gasteiger charge is -2.08. The van der Waals surface area contributed by atoms with Gasteiger partial charge in [0.2, 0.25) is 5.91 Å². The van der Waals surface area contributed by atoms with Gasteiger partial charge in [0, 0.05) is 31.4 Å². The summed E-state index contributed by atoms with van der Waals surface area (Å²) in [4.78, 5) is 25.1. The first kappa shape index (κ1) is 15.5. The average molecular weight is 308 g/mol. The normalized spacial score (nSPS) is 11.1. The van der Waals surface area contributed by atoms with E-state index in [1.165, 1.54) is 11.3 Å². The Hall–Kier alpha value is -1.89. The second kappa shape index (κ2) is 6.26. The molecule has 0 aliphatic heterocycles. The first-order valence-electron chi connectivity index (χ1n) is 6.89. The Labute approximate surface area is 127 Å². The van der Waals surface area contributed by atoms with Crippen molar-refractivity contribution in [3.8, 4) is 0 Å². The third kappa shape index (κ3) is 3.41. The molecule has 0 unspecified atom stereocenters. The molecule has 0 saturated carbocycles. The maximum absolute atomic E-state index is 12.1. The quantitative estimate of drug-likeness (QED) is 0.821. The van der Waals surface area contributed by atoms with Crippen LogP contribution in [0.1, 0.15) is 29.2 Å². The van der Waals surface area contributed by atoms with E-state index in [1.54, 1.807) is 4.68 Å². The molecular weight excluding hydrogens is 288 g/mol. The summed E-state index contributed by atoms with van der Waals surface area (Å²) in [6, 6.07) is 1.87. The minimum atomic E-state index is -0.116.